The number of ether oxygens (including phenoxy) is 1. The van der Waals surface area contributed by atoms with Gasteiger partial charge in [0.1, 0.15) is 11.4 Å². The topological polar surface area (TPSA) is 87.7 Å². The number of amides is 1. The van der Waals surface area contributed by atoms with Gasteiger partial charge in [-0.2, -0.15) is 0 Å². The first-order valence-corrected chi connectivity index (χ1v) is 12.9. The highest BCUT2D eigenvalue weighted by Gasteiger charge is 2.35. The van der Waals surface area contributed by atoms with Gasteiger partial charge in [0, 0.05) is 44.1 Å². The largest absolute Gasteiger partial charge is 0.444 e. The summed E-state index contributed by atoms with van der Waals surface area (Å²) in [6.07, 6.45) is 3.10. The Hall–Kier alpha value is -2.59. The monoisotopic (exact) mass is 505 g/mol. The van der Waals surface area contributed by atoms with Crippen LogP contribution in [0.4, 0.5) is 15.1 Å². The van der Waals surface area contributed by atoms with Gasteiger partial charge in [0.2, 0.25) is 5.95 Å². The number of carbonyl (C=O) groups excluding carboxylic acids is 1. The van der Waals surface area contributed by atoms with Gasteiger partial charge in [0.15, 0.2) is 0 Å². The van der Waals surface area contributed by atoms with E-state index in [2.05, 4.69) is 14.7 Å². The van der Waals surface area contributed by atoms with Crippen molar-refractivity contribution in [2.75, 3.05) is 31.1 Å². The van der Waals surface area contributed by atoms with E-state index < -0.39 is 26.9 Å². The number of hydrogen-bond acceptors (Lipinski definition) is 6. The minimum Gasteiger partial charge on any atom is -0.444 e. The number of nitrogens with zero attached hydrogens (tertiary/aromatic N) is 4. The van der Waals surface area contributed by atoms with Crippen molar-refractivity contribution in [2.24, 2.45) is 0 Å². The van der Waals surface area contributed by atoms with Crippen molar-refractivity contribution >= 4 is 23.0 Å². The molecule has 192 valence electrons. The van der Waals surface area contributed by atoms with Crippen molar-refractivity contribution in [1.29, 1.82) is 0 Å². The summed E-state index contributed by atoms with van der Waals surface area (Å²) in [5, 5.41) is 0. The molecule has 2 heterocycles. The summed E-state index contributed by atoms with van der Waals surface area (Å²) in [6.45, 7) is 15.3. The van der Waals surface area contributed by atoms with Crippen LogP contribution in [0.25, 0.3) is 0 Å². The van der Waals surface area contributed by atoms with Gasteiger partial charge in [-0.15, -0.1) is 0 Å². The molecule has 3 rings (SSSR count). The molecule has 0 bridgehead atoms. The summed E-state index contributed by atoms with van der Waals surface area (Å²) in [6, 6.07) is 6.11. The van der Waals surface area contributed by atoms with Crippen LogP contribution in [0.15, 0.2) is 36.7 Å². The van der Waals surface area contributed by atoms with Crippen LogP contribution in [0.2, 0.25) is 0 Å². The number of halogens is 1. The smallest absolute Gasteiger partial charge is 0.410 e. The van der Waals surface area contributed by atoms with E-state index in [1.165, 1.54) is 12.1 Å². The first-order valence-electron chi connectivity index (χ1n) is 11.7. The molecule has 2 atom stereocenters. The molecule has 1 amide bonds. The Bertz CT molecular complexity index is 1040. The van der Waals surface area contributed by atoms with Gasteiger partial charge < -0.3 is 14.5 Å². The molecule has 1 aliphatic rings. The molecule has 1 aromatic heterocycles. The fraction of sp³-hybridized carbons (Fsp3) is 0.560. The lowest BCUT2D eigenvalue weighted by Gasteiger charge is -2.36. The molecule has 1 N–H and O–H groups in total. The zero-order chi connectivity index (χ0) is 26.0. The zero-order valence-electron chi connectivity index (χ0n) is 21.6. The van der Waals surface area contributed by atoms with Crippen LogP contribution in [-0.2, 0) is 21.3 Å². The Morgan fingerprint density at radius 2 is 1.49 bits per heavy atom. The predicted molar refractivity (Wildman–Crippen MR) is 136 cm³/mol. The molecule has 0 radical (unpaired) electrons. The maximum absolute atomic E-state index is 13.6. The average molecular weight is 506 g/mol. The quantitative estimate of drug-likeness (QED) is 0.661. The summed E-state index contributed by atoms with van der Waals surface area (Å²) in [7, 11) is -1.40. The molecular formula is C25H36FN5O3S. The average Bonchev–Trinajstić information content (AvgIpc) is 2.78. The van der Waals surface area contributed by atoms with Crippen LogP contribution >= 0.6 is 0 Å². The van der Waals surface area contributed by atoms with Crippen molar-refractivity contribution in [1.82, 2.24) is 19.6 Å². The minimum atomic E-state index is -1.40. The number of benzene rings is 1. The normalized spacial score (nSPS) is 17.6. The molecule has 10 heteroatoms. The highest BCUT2D eigenvalue weighted by Crippen LogP contribution is 2.31. The number of carbonyl (C=O) groups is 1. The van der Waals surface area contributed by atoms with Gasteiger partial charge >= 0.3 is 6.09 Å². The lowest BCUT2D eigenvalue weighted by molar-refractivity contribution is 0.0240. The fourth-order valence-electron chi connectivity index (χ4n) is 3.56. The molecule has 0 spiro atoms. The SMILES string of the molecule is CC(C)(C)OC(=O)N1CCN(c2ncc([C@@](C)(NS(=O)C(C)(C)C)c3ccc(F)cc3)cn2)CC1. The number of aromatic nitrogens is 2. The maximum Gasteiger partial charge on any atom is 0.410 e. The van der Waals surface area contributed by atoms with Gasteiger partial charge in [-0.05, 0) is 66.2 Å². The second kappa shape index (κ2) is 10.2. The van der Waals surface area contributed by atoms with Crippen molar-refractivity contribution in [3.8, 4) is 0 Å². The van der Waals surface area contributed by atoms with Crippen molar-refractivity contribution in [2.45, 2.75) is 64.4 Å². The van der Waals surface area contributed by atoms with Crippen LogP contribution in [0.1, 0.15) is 59.6 Å². The molecule has 8 nitrogen and oxygen atoms in total. The summed E-state index contributed by atoms with van der Waals surface area (Å²) in [4.78, 5) is 25.2. The third-order valence-electron chi connectivity index (χ3n) is 5.70. The first kappa shape index (κ1) is 27.0. The van der Waals surface area contributed by atoms with Gasteiger partial charge in [0.25, 0.3) is 0 Å². The number of hydrogen-bond donors (Lipinski definition) is 1. The van der Waals surface area contributed by atoms with E-state index in [-0.39, 0.29) is 11.9 Å². The van der Waals surface area contributed by atoms with Gasteiger partial charge in [-0.25, -0.2) is 28.1 Å². The third kappa shape index (κ3) is 6.76. The molecule has 35 heavy (non-hydrogen) atoms. The molecule has 1 saturated heterocycles. The van der Waals surface area contributed by atoms with E-state index in [0.29, 0.717) is 37.7 Å². The molecule has 2 aromatic rings. The molecule has 1 aliphatic heterocycles. The Balaban J connectivity index is 1.78. The number of piperazine rings is 1. The zero-order valence-corrected chi connectivity index (χ0v) is 22.4. The summed E-state index contributed by atoms with van der Waals surface area (Å²) in [5.74, 6) is 0.209. The Kier molecular flexibility index (Phi) is 7.86. The maximum atomic E-state index is 13.6. The van der Waals surface area contributed by atoms with Crippen LogP contribution in [0.5, 0.6) is 0 Å². The lowest BCUT2D eigenvalue weighted by atomic mass is 9.87. The van der Waals surface area contributed by atoms with Crippen LogP contribution in [0, 0.1) is 5.82 Å². The van der Waals surface area contributed by atoms with E-state index in [1.807, 2.05) is 53.4 Å². The highest BCUT2D eigenvalue weighted by molar-refractivity contribution is 7.84. The molecule has 1 fully saturated rings. The van der Waals surface area contributed by atoms with Crippen LogP contribution in [0.3, 0.4) is 0 Å². The lowest BCUT2D eigenvalue weighted by Crippen LogP contribution is -2.50. The van der Waals surface area contributed by atoms with E-state index in [4.69, 9.17) is 4.74 Å². The summed E-state index contributed by atoms with van der Waals surface area (Å²) in [5.41, 5.74) is 0.0195. The van der Waals surface area contributed by atoms with Crippen molar-refractivity contribution in [3.05, 3.63) is 53.6 Å². The van der Waals surface area contributed by atoms with Crippen molar-refractivity contribution < 1.29 is 18.1 Å². The third-order valence-corrected chi connectivity index (χ3v) is 7.41. The molecule has 1 aromatic carbocycles. The fourth-order valence-corrected chi connectivity index (χ4v) is 4.48. The Morgan fingerprint density at radius 1 is 0.943 bits per heavy atom. The van der Waals surface area contributed by atoms with E-state index in [0.717, 1.165) is 5.56 Å². The van der Waals surface area contributed by atoms with Gasteiger partial charge in [0.05, 0.1) is 21.3 Å². The highest BCUT2D eigenvalue weighted by atomic mass is 32.2. The van der Waals surface area contributed by atoms with Gasteiger partial charge in [-0.3, -0.25) is 0 Å². The van der Waals surface area contributed by atoms with Crippen molar-refractivity contribution in [3.63, 3.8) is 0 Å². The second-order valence-electron chi connectivity index (χ2n) is 10.8. The number of rotatable bonds is 5. The Morgan fingerprint density at radius 3 is 1.97 bits per heavy atom. The minimum absolute atomic E-state index is 0.318. The molecule has 1 unspecified atom stereocenters. The molecule has 0 saturated carbocycles. The standard InChI is InChI=1S/C25H36FN5O3S/c1-23(2,3)34-22(32)31-14-12-30(13-15-31)21-27-16-19(17-28-21)25(7,29-35(33)24(4,5)6)18-8-10-20(26)11-9-18/h8-11,16-17,29H,12-15H2,1-7H3/t25-,35?/m0/s1. The predicted octanol–water partition coefficient (Wildman–Crippen LogP) is 3.99. The number of nitrogens with one attached hydrogen (secondary N) is 1. The molecular weight excluding hydrogens is 469 g/mol. The van der Waals surface area contributed by atoms with E-state index in [9.17, 15) is 13.4 Å². The van der Waals surface area contributed by atoms with Crippen LogP contribution < -0.4 is 9.62 Å². The second-order valence-corrected chi connectivity index (χ2v) is 12.8. The van der Waals surface area contributed by atoms with Crippen LogP contribution in [-0.4, -0.2) is 61.7 Å². The van der Waals surface area contributed by atoms with E-state index >= 15 is 0 Å². The van der Waals surface area contributed by atoms with E-state index in [1.54, 1.807) is 29.4 Å². The first-order chi connectivity index (χ1) is 16.2. The molecule has 0 aliphatic carbocycles. The Labute approximate surface area is 209 Å². The summed E-state index contributed by atoms with van der Waals surface area (Å²) < 4.78 is 34.8. The summed E-state index contributed by atoms with van der Waals surface area (Å²) >= 11 is 0. The number of anilines is 1. The van der Waals surface area contributed by atoms with Gasteiger partial charge in [-0.1, -0.05) is 12.1 Å².